The molecule has 6 nitrogen and oxygen atoms in total. The molecule has 19 heavy (non-hydrogen) atoms. The van der Waals surface area contributed by atoms with E-state index in [0.717, 1.165) is 45.8 Å². The molecule has 1 fully saturated rings. The summed E-state index contributed by atoms with van der Waals surface area (Å²) in [6, 6.07) is 0. The number of hydrogen-bond acceptors (Lipinski definition) is 5. The quantitative estimate of drug-likeness (QED) is 0.380. The van der Waals surface area contributed by atoms with Gasteiger partial charge in [0.1, 0.15) is 6.54 Å². The van der Waals surface area contributed by atoms with Gasteiger partial charge in [0.25, 0.3) is 0 Å². The first-order valence-corrected chi connectivity index (χ1v) is 7.10. The third kappa shape index (κ3) is 7.97. The van der Waals surface area contributed by atoms with Crippen LogP contribution < -0.4 is 10.6 Å². The van der Waals surface area contributed by atoms with Gasteiger partial charge < -0.3 is 20.1 Å². The summed E-state index contributed by atoms with van der Waals surface area (Å²) in [4.78, 5) is 13.5. The van der Waals surface area contributed by atoms with Crippen LogP contribution in [0.25, 0.3) is 0 Å². The number of nitrogens with zero attached hydrogens (tertiary/aromatic N) is 1. The zero-order chi connectivity index (χ0) is 13.9. The molecule has 0 amide bonds. The van der Waals surface area contributed by atoms with Gasteiger partial charge in [0.2, 0.25) is 0 Å². The predicted molar refractivity (Wildman–Crippen MR) is 77.1 cm³/mol. The molecule has 1 heterocycles. The van der Waals surface area contributed by atoms with Crippen molar-refractivity contribution in [3.05, 3.63) is 0 Å². The van der Waals surface area contributed by atoms with E-state index in [-0.39, 0.29) is 12.5 Å². The Morgan fingerprint density at radius 3 is 2.79 bits per heavy atom. The molecule has 0 radical (unpaired) electrons. The third-order valence-corrected chi connectivity index (χ3v) is 3.03. The predicted octanol–water partition coefficient (Wildman–Crippen LogP) is -0.264. The number of carbonyl (C=O) groups excluding carboxylic acids is 1. The highest BCUT2D eigenvalue weighted by molar-refractivity contribution is 7.80. The van der Waals surface area contributed by atoms with Crippen molar-refractivity contribution in [3.63, 3.8) is 0 Å². The van der Waals surface area contributed by atoms with Gasteiger partial charge in [0.15, 0.2) is 5.11 Å². The number of carbonyl (C=O) groups is 1. The summed E-state index contributed by atoms with van der Waals surface area (Å²) in [7, 11) is 0. The smallest absolute Gasteiger partial charge is 0.325 e. The molecule has 0 aromatic carbocycles. The van der Waals surface area contributed by atoms with E-state index in [2.05, 4.69) is 15.5 Å². The SMILES string of the molecule is CCOC(=O)CNC(=S)NCCCN1CCOCC1. The molecule has 0 saturated carbocycles. The molecule has 7 heteroatoms. The fourth-order valence-electron chi connectivity index (χ4n) is 1.76. The second-order valence-electron chi connectivity index (χ2n) is 4.22. The maximum atomic E-state index is 11.1. The average Bonchev–Trinajstić information content (AvgIpc) is 2.43. The lowest BCUT2D eigenvalue weighted by Gasteiger charge is -2.26. The first-order chi connectivity index (χ1) is 9.22. The number of thiocarbonyl (C=S) groups is 1. The Labute approximate surface area is 119 Å². The van der Waals surface area contributed by atoms with E-state index in [9.17, 15) is 4.79 Å². The second-order valence-corrected chi connectivity index (χ2v) is 4.63. The average molecular weight is 289 g/mol. The molecular weight excluding hydrogens is 266 g/mol. The number of hydrogen-bond donors (Lipinski definition) is 2. The van der Waals surface area contributed by atoms with Crippen LogP contribution in [0.1, 0.15) is 13.3 Å². The molecule has 0 aliphatic carbocycles. The minimum absolute atomic E-state index is 0.114. The Bertz CT molecular complexity index is 283. The highest BCUT2D eigenvalue weighted by atomic mass is 32.1. The number of rotatable bonds is 7. The summed E-state index contributed by atoms with van der Waals surface area (Å²) in [5.41, 5.74) is 0. The topological polar surface area (TPSA) is 62.8 Å². The third-order valence-electron chi connectivity index (χ3n) is 2.74. The van der Waals surface area contributed by atoms with E-state index in [1.807, 2.05) is 0 Å². The molecule has 110 valence electrons. The summed E-state index contributed by atoms with van der Waals surface area (Å²) >= 11 is 5.06. The van der Waals surface area contributed by atoms with Gasteiger partial charge in [0, 0.05) is 19.6 Å². The Kier molecular flexibility index (Phi) is 8.44. The van der Waals surface area contributed by atoms with E-state index >= 15 is 0 Å². The highest BCUT2D eigenvalue weighted by Gasteiger charge is 2.09. The van der Waals surface area contributed by atoms with Crippen molar-refractivity contribution in [1.82, 2.24) is 15.5 Å². The van der Waals surface area contributed by atoms with Crippen molar-refractivity contribution >= 4 is 23.3 Å². The molecule has 0 atom stereocenters. The lowest BCUT2D eigenvalue weighted by Crippen LogP contribution is -2.41. The maximum Gasteiger partial charge on any atom is 0.325 e. The summed E-state index contributed by atoms with van der Waals surface area (Å²) in [6.45, 7) is 7.78. The van der Waals surface area contributed by atoms with Crippen LogP contribution >= 0.6 is 12.2 Å². The number of nitrogens with one attached hydrogen (secondary N) is 2. The lowest BCUT2D eigenvalue weighted by atomic mass is 10.3. The van der Waals surface area contributed by atoms with E-state index < -0.39 is 0 Å². The van der Waals surface area contributed by atoms with Crippen LogP contribution in [-0.4, -0.2) is 68.5 Å². The van der Waals surface area contributed by atoms with Crippen molar-refractivity contribution in [3.8, 4) is 0 Å². The second kappa shape index (κ2) is 9.94. The minimum atomic E-state index is -0.292. The Hall–Kier alpha value is -0.920. The van der Waals surface area contributed by atoms with E-state index in [4.69, 9.17) is 21.7 Å². The largest absolute Gasteiger partial charge is 0.465 e. The van der Waals surface area contributed by atoms with Crippen molar-refractivity contribution in [1.29, 1.82) is 0 Å². The Balaban J connectivity index is 1.96. The minimum Gasteiger partial charge on any atom is -0.465 e. The molecule has 1 rings (SSSR count). The Morgan fingerprint density at radius 2 is 2.11 bits per heavy atom. The molecule has 0 bridgehead atoms. The zero-order valence-electron chi connectivity index (χ0n) is 11.4. The Morgan fingerprint density at radius 1 is 1.37 bits per heavy atom. The molecule has 2 N–H and O–H groups in total. The van der Waals surface area contributed by atoms with Crippen molar-refractivity contribution in [2.24, 2.45) is 0 Å². The van der Waals surface area contributed by atoms with Gasteiger partial charge in [-0.3, -0.25) is 9.69 Å². The summed E-state index contributed by atoms with van der Waals surface area (Å²) in [5, 5.41) is 6.39. The summed E-state index contributed by atoms with van der Waals surface area (Å²) in [6.07, 6.45) is 1.02. The fourth-order valence-corrected chi connectivity index (χ4v) is 1.93. The highest BCUT2D eigenvalue weighted by Crippen LogP contribution is 1.97. The standard InChI is InChI=1S/C12H23N3O3S/c1-2-18-11(16)10-14-12(19)13-4-3-5-15-6-8-17-9-7-15/h2-10H2,1H3,(H2,13,14,19). The van der Waals surface area contributed by atoms with E-state index in [0.29, 0.717) is 11.7 Å². The van der Waals surface area contributed by atoms with Gasteiger partial charge in [-0.05, 0) is 32.1 Å². The van der Waals surface area contributed by atoms with Crippen LogP contribution in [-0.2, 0) is 14.3 Å². The number of esters is 1. The number of ether oxygens (including phenoxy) is 2. The van der Waals surface area contributed by atoms with Crippen LogP contribution in [0.4, 0.5) is 0 Å². The van der Waals surface area contributed by atoms with Crippen molar-refractivity contribution < 1.29 is 14.3 Å². The molecule has 0 unspecified atom stereocenters. The van der Waals surface area contributed by atoms with Crippen LogP contribution in [0.15, 0.2) is 0 Å². The van der Waals surface area contributed by atoms with Crippen molar-refractivity contribution in [2.45, 2.75) is 13.3 Å². The summed E-state index contributed by atoms with van der Waals surface area (Å²) < 4.78 is 10.1. The van der Waals surface area contributed by atoms with Gasteiger partial charge in [-0.1, -0.05) is 0 Å². The van der Waals surface area contributed by atoms with Gasteiger partial charge in [-0.25, -0.2) is 0 Å². The van der Waals surface area contributed by atoms with Gasteiger partial charge in [0.05, 0.1) is 19.8 Å². The summed E-state index contributed by atoms with van der Waals surface area (Å²) in [5.74, 6) is -0.292. The molecule has 0 aromatic heterocycles. The number of morpholine rings is 1. The zero-order valence-corrected chi connectivity index (χ0v) is 12.3. The van der Waals surface area contributed by atoms with E-state index in [1.54, 1.807) is 6.92 Å². The normalized spacial score (nSPS) is 15.8. The monoisotopic (exact) mass is 289 g/mol. The van der Waals surface area contributed by atoms with Gasteiger partial charge in [-0.2, -0.15) is 0 Å². The van der Waals surface area contributed by atoms with Crippen molar-refractivity contribution in [2.75, 3.05) is 52.5 Å². The molecule has 0 spiro atoms. The fraction of sp³-hybridized carbons (Fsp3) is 0.833. The van der Waals surface area contributed by atoms with Crippen LogP contribution in [0.3, 0.4) is 0 Å². The van der Waals surface area contributed by atoms with Crippen LogP contribution in [0, 0.1) is 0 Å². The van der Waals surface area contributed by atoms with Gasteiger partial charge >= 0.3 is 5.97 Å². The van der Waals surface area contributed by atoms with E-state index in [1.165, 1.54) is 0 Å². The molecule has 0 aromatic rings. The molecule has 1 aliphatic rings. The molecule has 1 saturated heterocycles. The first-order valence-electron chi connectivity index (χ1n) is 6.69. The lowest BCUT2D eigenvalue weighted by molar-refractivity contribution is -0.141. The van der Waals surface area contributed by atoms with Crippen LogP contribution in [0.5, 0.6) is 0 Å². The van der Waals surface area contributed by atoms with Crippen LogP contribution in [0.2, 0.25) is 0 Å². The van der Waals surface area contributed by atoms with Gasteiger partial charge in [-0.15, -0.1) is 0 Å². The first kappa shape index (κ1) is 16.1. The maximum absolute atomic E-state index is 11.1. The molecule has 1 aliphatic heterocycles. The molecular formula is C12H23N3O3S.